The van der Waals surface area contributed by atoms with E-state index in [4.69, 9.17) is 9.47 Å². The molecule has 0 amide bonds. The van der Waals surface area contributed by atoms with Gasteiger partial charge in [0.15, 0.2) is 0 Å². The number of benzene rings is 3. The van der Waals surface area contributed by atoms with Crippen LogP contribution in [0.3, 0.4) is 0 Å². The van der Waals surface area contributed by atoms with Crippen LogP contribution in [0.15, 0.2) is 71.6 Å². The van der Waals surface area contributed by atoms with Gasteiger partial charge in [0.2, 0.25) is 0 Å². The van der Waals surface area contributed by atoms with Gasteiger partial charge in [-0.3, -0.25) is 14.4 Å². The molecule has 0 radical (unpaired) electrons. The van der Waals surface area contributed by atoms with Gasteiger partial charge in [0.05, 0.1) is 34.3 Å². The van der Waals surface area contributed by atoms with Gasteiger partial charge in [0.25, 0.3) is 15.7 Å². The molecule has 36 heavy (non-hydrogen) atoms. The molecule has 0 aromatic heterocycles. The van der Waals surface area contributed by atoms with Crippen LogP contribution in [0.25, 0.3) is 11.1 Å². The van der Waals surface area contributed by atoms with Gasteiger partial charge < -0.3 is 9.47 Å². The molecule has 192 valence electrons. The Morgan fingerprint density at radius 1 is 1.00 bits per heavy atom. The zero-order valence-electron chi connectivity index (χ0n) is 20.6. The first-order valence-electron chi connectivity index (χ1n) is 11.3. The van der Waals surface area contributed by atoms with Crippen molar-refractivity contribution in [2.24, 2.45) is 0 Å². The molecule has 0 N–H and O–H groups in total. The first kappa shape index (κ1) is 27.1. The maximum Gasteiger partial charge on any atom is 0.273 e. The topological polar surface area (TPSA) is 99.0 Å². The fraction of sp³-hybridized carbons (Fsp3) is 0.308. The minimum Gasteiger partial charge on any atom is -0.494 e. The summed E-state index contributed by atoms with van der Waals surface area (Å²) in [5.74, 6) is -0.337. The first-order chi connectivity index (χ1) is 16.9. The fourth-order valence-electron chi connectivity index (χ4n) is 3.55. The molecule has 0 heterocycles. The number of methoxy groups -OCH3 is 1. The standard InChI is InChI=1S/C26H29FN2O6S/c1-26(2,3)35-16-6-15-28(24-14-13-22(29(30)31)18-25(24)34-4)36(32,33)23-8-5-7-20(17-23)19-9-11-21(27)12-10-19/h5,7-14,17-18H,6,15-16H2,1-4H3. The van der Waals surface area contributed by atoms with Gasteiger partial charge in [-0.25, -0.2) is 12.8 Å². The van der Waals surface area contributed by atoms with Gasteiger partial charge in [-0.2, -0.15) is 0 Å². The second-order valence-electron chi connectivity index (χ2n) is 9.04. The molecule has 0 saturated carbocycles. The number of ether oxygens (including phenoxy) is 2. The molecule has 3 rings (SSSR count). The van der Waals surface area contributed by atoms with E-state index in [1.165, 1.54) is 53.9 Å². The van der Waals surface area contributed by atoms with E-state index in [0.29, 0.717) is 24.2 Å². The Morgan fingerprint density at radius 2 is 1.69 bits per heavy atom. The lowest BCUT2D eigenvalue weighted by Crippen LogP contribution is -2.33. The summed E-state index contributed by atoms with van der Waals surface area (Å²) in [5.41, 5.74) is 0.820. The maximum absolute atomic E-state index is 13.9. The Kier molecular flexibility index (Phi) is 8.31. The van der Waals surface area contributed by atoms with Gasteiger partial charge in [0, 0.05) is 19.2 Å². The minimum absolute atomic E-state index is 0.0153. The van der Waals surface area contributed by atoms with Gasteiger partial charge in [0.1, 0.15) is 11.6 Å². The van der Waals surface area contributed by atoms with Crippen LogP contribution in [0.4, 0.5) is 15.8 Å². The number of nitro groups is 1. The molecule has 8 nitrogen and oxygen atoms in total. The SMILES string of the molecule is COc1cc([N+](=O)[O-])ccc1N(CCCOC(C)(C)C)S(=O)(=O)c1cccc(-c2ccc(F)cc2)c1. The Morgan fingerprint density at radius 3 is 2.31 bits per heavy atom. The Hall–Kier alpha value is -3.50. The van der Waals surface area contributed by atoms with Gasteiger partial charge in [-0.1, -0.05) is 24.3 Å². The molecular weight excluding hydrogens is 487 g/mol. The van der Waals surface area contributed by atoms with Gasteiger partial charge in [-0.05, 0) is 68.7 Å². The summed E-state index contributed by atoms with van der Waals surface area (Å²) in [6, 6.07) is 15.9. The number of nitro benzene ring substituents is 1. The molecule has 3 aromatic rings. The van der Waals surface area contributed by atoms with Crippen LogP contribution in [0.2, 0.25) is 0 Å². The van der Waals surface area contributed by atoms with Crippen molar-refractivity contribution < 1.29 is 27.2 Å². The highest BCUT2D eigenvalue weighted by molar-refractivity contribution is 7.92. The number of non-ortho nitro benzene ring substituents is 1. The normalized spacial score (nSPS) is 11.8. The predicted octanol–water partition coefficient (Wildman–Crippen LogP) is 5.81. The monoisotopic (exact) mass is 516 g/mol. The largest absolute Gasteiger partial charge is 0.494 e. The van der Waals surface area contributed by atoms with E-state index in [2.05, 4.69) is 0 Å². The maximum atomic E-state index is 13.9. The van der Waals surface area contributed by atoms with E-state index in [9.17, 15) is 22.9 Å². The highest BCUT2D eigenvalue weighted by atomic mass is 32.2. The molecule has 10 heteroatoms. The Labute approximate surface area is 210 Å². The number of halogens is 1. The minimum atomic E-state index is -4.12. The fourth-order valence-corrected chi connectivity index (χ4v) is 5.11. The molecule has 0 spiro atoms. The molecule has 0 bridgehead atoms. The third-order valence-corrected chi connectivity index (χ3v) is 7.09. The second-order valence-corrected chi connectivity index (χ2v) is 10.9. The highest BCUT2D eigenvalue weighted by Gasteiger charge is 2.29. The van der Waals surface area contributed by atoms with E-state index in [0.717, 1.165) is 0 Å². The quantitative estimate of drug-likeness (QED) is 0.192. The lowest BCUT2D eigenvalue weighted by Gasteiger charge is -2.27. The zero-order valence-corrected chi connectivity index (χ0v) is 21.4. The molecule has 3 aromatic carbocycles. The summed E-state index contributed by atoms with van der Waals surface area (Å²) in [6.45, 7) is 6.07. The second kappa shape index (κ2) is 11.0. The van der Waals surface area contributed by atoms with Crippen LogP contribution in [0, 0.1) is 15.9 Å². The van der Waals surface area contributed by atoms with Crippen molar-refractivity contribution in [2.45, 2.75) is 37.7 Å². The first-order valence-corrected chi connectivity index (χ1v) is 12.7. The summed E-state index contributed by atoms with van der Waals surface area (Å²) >= 11 is 0. The van der Waals surface area contributed by atoms with Crippen molar-refractivity contribution in [3.8, 4) is 16.9 Å². The number of sulfonamides is 1. The van der Waals surface area contributed by atoms with Crippen molar-refractivity contribution >= 4 is 21.4 Å². The average molecular weight is 517 g/mol. The zero-order chi connectivity index (χ0) is 26.5. The molecule has 0 aliphatic rings. The molecular formula is C26H29FN2O6S. The summed E-state index contributed by atoms with van der Waals surface area (Å²) in [6.07, 6.45) is 0.369. The third kappa shape index (κ3) is 6.58. The number of hydrogen-bond donors (Lipinski definition) is 0. The van der Waals surface area contributed by atoms with Crippen LogP contribution >= 0.6 is 0 Å². The van der Waals surface area contributed by atoms with Crippen LogP contribution < -0.4 is 9.04 Å². The molecule has 0 aliphatic heterocycles. The van der Waals surface area contributed by atoms with E-state index in [1.807, 2.05) is 20.8 Å². The lowest BCUT2D eigenvalue weighted by atomic mass is 10.1. The Bertz CT molecular complexity index is 1320. The van der Waals surface area contributed by atoms with Crippen LogP contribution in [0.5, 0.6) is 5.75 Å². The van der Waals surface area contributed by atoms with E-state index in [1.54, 1.807) is 24.3 Å². The van der Waals surface area contributed by atoms with E-state index >= 15 is 0 Å². The molecule has 0 fully saturated rings. The number of hydrogen-bond acceptors (Lipinski definition) is 6. The number of rotatable bonds is 10. The Balaban J connectivity index is 2.04. The van der Waals surface area contributed by atoms with Crippen LogP contribution in [0.1, 0.15) is 27.2 Å². The van der Waals surface area contributed by atoms with E-state index in [-0.39, 0.29) is 28.6 Å². The summed E-state index contributed by atoms with van der Waals surface area (Å²) in [5, 5.41) is 11.2. The van der Waals surface area contributed by atoms with Gasteiger partial charge in [-0.15, -0.1) is 0 Å². The molecule has 0 atom stereocenters. The number of anilines is 1. The molecule has 0 aliphatic carbocycles. The van der Waals surface area contributed by atoms with Crippen LogP contribution in [-0.4, -0.2) is 39.2 Å². The number of nitrogens with zero attached hydrogens (tertiary/aromatic N) is 2. The van der Waals surface area contributed by atoms with Crippen molar-refractivity contribution in [2.75, 3.05) is 24.6 Å². The molecule has 0 unspecified atom stereocenters. The smallest absolute Gasteiger partial charge is 0.273 e. The highest BCUT2D eigenvalue weighted by Crippen LogP contribution is 2.36. The third-order valence-electron chi connectivity index (χ3n) is 5.28. The summed E-state index contributed by atoms with van der Waals surface area (Å²) in [4.78, 5) is 10.7. The van der Waals surface area contributed by atoms with Crippen LogP contribution in [-0.2, 0) is 14.8 Å². The lowest BCUT2D eigenvalue weighted by molar-refractivity contribution is -0.384. The average Bonchev–Trinajstić information content (AvgIpc) is 2.83. The predicted molar refractivity (Wildman–Crippen MR) is 136 cm³/mol. The summed E-state index contributed by atoms with van der Waals surface area (Å²) in [7, 11) is -2.80. The van der Waals surface area contributed by atoms with Crippen molar-refractivity contribution in [1.82, 2.24) is 0 Å². The van der Waals surface area contributed by atoms with Crippen molar-refractivity contribution in [3.63, 3.8) is 0 Å². The van der Waals surface area contributed by atoms with Crippen molar-refractivity contribution in [3.05, 3.63) is 82.7 Å². The summed E-state index contributed by atoms with van der Waals surface area (Å²) < 4.78 is 53.4. The van der Waals surface area contributed by atoms with Gasteiger partial charge >= 0.3 is 0 Å². The van der Waals surface area contributed by atoms with Crippen molar-refractivity contribution in [1.29, 1.82) is 0 Å². The molecule has 0 saturated heterocycles. The van der Waals surface area contributed by atoms with E-state index < -0.39 is 26.4 Å².